The van der Waals surface area contributed by atoms with Gasteiger partial charge in [0.2, 0.25) is 17.6 Å². The first-order chi connectivity index (χ1) is 21.5. The first-order valence-electron chi connectivity index (χ1n) is 14.4. The number of ketones is 1. The molecule has 7 rings (SSSR count). The number of anilines is 1. The van der Waals surface area contributed by atoms with Gasteiger partial charge in [0, 0.05) is 31.2 Å². The number of fused-ring (bicyclic) bond motifs is 6. The number of aryl methyl sites for hydroxylation is 1. The maximum atomic E-state index is 13.5. The van der Waals surface area contributed by atoms with E-state index in [0.717, 1.165) is 12.0 Å². The molecule has 3 fully saturated rings. The van der Waals surface area contributed by atoms with Crippen LogP contribution < -0.4 is 4.90 Å². The van der Waals surface area contributed by atoms with E-state index in [1.165, 1.54) is 17.0 Å². The highest BCUT2D eigenvalue weighted by atomic mass is 79.9. The second kappa shape index (κ2) is 11.6. The van der Waals surface area contributed by atoms with E-state index in [1.54, 1.807) is 36.4 Å². The summed E-state index contributed by atoms with van der Waals surface area (Å²) in [6.45, 7) is 1.40. The number of alkyl halides is 2. The number of aromatic nitrogens is 1. The molecule has 2 bridgehead atoms. The van der Waals surface area contributed by atoms with Crippen molar-refractivity contribution >= 4 is 95.2 Å². The van der Waals surface area contributed by atoms with E-state index in [4.69, 9.17) is 32.9 Å². The van der Waals surface area contributed by atoms with E-state index in [2.05, 4.69) is 31.9 Å². The van der Waals surface area contributed by atoms with Crippen molar-refractivity contribution in [3.63, 3.8) is 0 Å². The Balaban J connectivity index is 1.16. The highest BCUT2D eigenvalue weighted by Crippen LogP contribution is 2.60. The summed E-state index contributed by atoms with van der Waals surface area (Å²) >= 11 is 19.6. The number of carbonyl (C=O) groups excluding carboxylic acids is 4. The molecule has 3 aromatic carbocycles. The second-order valence-electron chi connectivity index (χ2n) is 11.8. The van der Waals surface area contributed by atoms with Crippen LogP contribution in [0.4, 0.5) is 5.69 Å². The van der Waals surface area contributed by atoms with Crippen molar-refractivity contribution < 1.29 is 23.9 Å². The van der Waals surface area contributed by atoms with Crippen molar-refractivity contribution in [1.29, 1.82) is 0 Å². The van der Waals surface area contributed by atoms with Crippen LogP contribution in [-0.2, 0) is 14.3 Å². The topological polar surface area (TPSA) is 93.6 Å². The van der Waals surface area contributed by atoms with Crippen LogP contribution in [-0.4, -0.2) is 44.8 Å². The van der Waals surface area contributed by atoms with Gasteiger partial charge in [0.15, 0.2) is 6.61 Å². The van der Waals surface area contributed by atoms with Gasteiger partial charge in [-0.2, -0.15) is 0 Å². The molecule has 0 radical (unpaired) electrons. The Morgan fingerprint density at radius 2 is 1.56 bits per heavy atom. The normalized spacial score (nSPS) is 25.2. The maximum absolute atomic E-state index is 13.5. The number of pyridine rings is 1. The minimum absolute atomic E-state index is 0.132. The number of benzene rings is 3. The molecule has 1 aliphatic heterocycles. The number of Topliss-reactive ketones (excluding diaryl/α,β-unsaturated/α-hetero) is 1. The van der Waals surface area contributed by atoms with Gasteiger partial charge in [-0.3, -0.25) is 19.3 Å². The molecule has 6 unspecified atom stereocenters. The first-order valence-corrected chi connectivity index (χ1v) is 17.0. The van der Waals surface area contributed by atoms with E-state index < -0.39 is 18.4 Å². The fourth-order valence-corrected chi connectivity index (χ4v) is 9.43. The average molecular weight is 771 g/mol. The maximum Gasteiger partial charge on any atom is 0.339 e. The molecule has 1 aromatic heterocycles. The van der Waals surface area contributed by atoms with E-state index >= 15 is 0 Å². The molecule has 0 N–H and O–H groups in total. The molecule has 7 nitrogen and oxygen atoms in total. The molecular formula is C34H24Br2Cl2N2O5. The molecule has 45 heavy (non-hydrogen) atoms. The SMILES string of the molecule is Cc1ccc2nc(-c3ccc(N4C(=O)C5C6CC(C(Br)C6Br)C5C4=O)cc3)cc(C(=O)OCC(=O)c3ccc(Cl)cc3Cl)c2c1. The third-order valence-electron chi connectivity index (χ3n) is 9.16. The summed E-state index contributed by atoms with van der Waals surface area (Å²) in [5, 5.41) is 1.15. The van der Waals surface area contributed by atoms with Crippen molar-refractivity contribution in [1.82, 2.24) is 4.98 Å². The molecule has 2 saturated carbocycles. The van der Waals surface area contributed by atoms with Crippen molar-refractivity contribution in [3.05, 3.63) is 93.5 Å². The highest BCUT2D eigenvalue weighted by molar-refractivity contribution is 9.12. The van der Waals surface area contributed by atoms with Crippen molar-refractivity contribution in [2.75, 3.05) is 11.5 Å². The van der Waals surface area contributed by atoms with Gasteiger partial charge in [0.05, 0.1) is 39.3 Å². The van der Waals surface area contributed by atoms with Gasteiger partial charge in [-0.1, -0.05) is 78.8 Å². The summed E-state index contributed by atoms with van der Waals surface area (Å²) in [4.78, 5) is 59.6. The Bertz CT molecular complexity index is 1900. The minimum atomic E-state index is -0.686. The molecule has 4 aromatic rings. The number of hydrogen-bond acceptors (Lipinski definition) is 6. The molecule has 1 saturated heterocycles. The van der Waals surface area contributed by atoms with Crippen LogP contribution in [0.15, 0.2) is 66.7 Å². The lowest BCUT2D eigenvalue weighted by atomic mass is 9.81. The first kappa shape index (κ1) is 30.5. The summed E-state index contributed by atoms with van der Waals surface area (Å²) in [6, 6.07) is 18.7. The molecule has 2 heterocycles. The fourth-order valence-electron chi connectivity index (χ4n) is 7.04. The van der Waals surface area contributed by atoms with Crippen LogP contribution in [0.5, 0.6) is 0 Å². The largest absolute Gasteiger partial charge is 0.454 e. The van der Waals surface area contributed by atoms with Crippen molar-refractivity contribution in [2.24, 2.45) is 23.7 Å². The summed E-state index contributed by atoms with van der Waals surface area (Å²) < 4.78 is 5.46. The number of nitrogens with zero attached hydrogens (tertiary/aromatic N) is 2. The predicted octanol–water partition coefficient (Wildman–Crippen LogP) is 7.84. The fraction of sp³-hybridized carbons (Fsp3) is 0.265. The second-order valence-corrected chi connectivity index (χ2v) is 14.7. The van der Waals surface area contributed by atoms with Crippen LogP contribution >= 0.6 is 55.1 Å². The Morgan fingerprint density at radius 3 is 2.20 bits per heavy atom. The number of amides is 2. The zero-order chi connectivity index (χ0) is 31.7. The quantitative estimate of drug-likeness (QED) is 0.0859. The molecular weight excluding hydrogens is 747 g/mol. The standard InChI is InChI=1S/C34H24Br2Cl2N2O5/c1-15-2-9-25-20(10-15)21(34(44)45-14-27(41)19-8-5-17(37)11-24(19)38)13-26(39-25)16-3-6-18(7-4-16)40-32(42)28-22-12-23(29(28)33(40)43)31(36)30(22)35/h2-11,13,22-23,28-31H,12,14H2,1H3. The summed E-state index contributed by atoms with van der Waals surface area (Å²) in [6.07, 6.45) is 0.867. The lowest BCUT2D eigenvalue weighted by Gasteiger charge is -2.28. The molecule has 228 valence electrons. The number of imide groups is 1. The van der Waals surface area contributed by atoms with Gasteiger partial charge in [0.1, 0.15) is 0 Å². The van der Waals surface area contributed by atoms with E-state index in [0.29, 0.717) is 32.9 Å². The lowest BCUT2D eigenvalue weighted by Crippen LogP contribution is -2.37. The molecule has 3 aliphatic rings. The number of esters is 1. The molecule has 2 amide bonds. The molecule has 2 aliphatic carbocycles. The van der Waals surface area contributed by atoms with Crippen LogP contribution in [0, 0.1) is 30.6 Å². The summed E-state index contributed by atoms with van der Waals surface area (Å²) in [5.74, 6) is -1.78. The average Bonchev–Trinajstić information content (AvgIpc) is 3.64. The third-order valence-corrected chi connectivity index (χ3v) is 12.9. The lowest BCUT2D eigenvalue weighted by molar-refractivity contribution is -0.123. The van der Waals surface area contributed by atoms with Gasteiger partial charge in [-0.05, 0) is 73.7 Å². The van der Waals surface area contributed by atoms with Crippen LogP contribution in [0.25, 0.3) is 22.2 Å². The van der Waals surface area contributed by atoms with Gasteiger partial charge >= 0.3 is 5.97 Å². The van der Waals surface area contributed by atoms with Crippen molar-refractivity contribution in [3.8, 4) is 11.3 Å². The van der Waals surface area contributed by atoms with Gasteiger partial charge in [0.25, 0.3) is 0 Å². The molecule has 6 atom stereocenters. The monoisotopic (exact) mass is 768 g/mol. The van der Waals surface area contributed by atoms with Gasteiger partial charge in [-0.15, -0.1) is 0 Å². The number of halogens is 4. The number of hydrogen-bond donors (Lipinski definition) is 0. The Hall–Kier alpha value is -3.11. The Labute approximate surface area is 285 Å². The molecule has 11 heteroatoms. The van der Waals surface area contributed by atoms with E-state index in [-0.39, 0.29) is 61.3 Å². The third kappa shape index (κ3) is 5.12. The number of rotatable bonds is 6. The van der Waals surface area contributed by atoms with Gasteiger partial charge in [-0.25, -0.2) is 9.78 Å². The van der Waals surface area contributed by atoms with Crippen LogP contribution in [0.3, 0.4) is 0 Å². The zero-order valence-electron chi connectivity index (χ0n) is 23.7. The van der Waals surface area contributed by atoms with Crippen molar-refractivity contribution in [2.45, 2.75) is 23.0 Å². The number of carbonyl (C=O) groups is 4. The minimum Gasteiger partial charge on any atom is -0.454 e. The Morgan fingerprint density at radius 1 is 0.889 bits per heavy atom. The zero-order valence-corrected chi connectivity index (χ0v) is 28.4. The summed E-state index contributed by atoms with van der Waals surface area (Å²) in [5.41, 5.74) is 3.64. The van der Waals surface area contributed by atoms with E-state index in [1.807, 2.05) is 25.1 Å². The summed E-state index contributed by atoms with van der Waals surface area (Å²) in [7, 11) is 0. The highest BCUT2D eigenvalue weighted by Gasteiger charge is 2.66. The molecule has 0 spiro atoms. The van der Waals surface area contributed by atoms with Crippen LogP contribution in [0.1, 0.15) is 32.7 Å². The smallest absolute Gasteiger partial charge is 0.339 e. The van der Waals surface area contributed by atoms with Gasteiger partial charge < -0.3 is 4.74 Å². The van der Waals surface area contributed by atoms with Crippen LogP contribution in [0.2, 0.25) is 10.0 Å². The number of ether oxygens (including phenoxy) is 1. The predicted molar refractivity (Wildman–Crippen MR) is 179 cm³/mol. The van der Waals surface area contributed by atoms with E-state index in [9.17, 15) is 19.2 Å². The Kier molecular flexibility index (Phi) is 7.87.